The van der Waals surface area contributed by atoms with Crippen molar-refractivity contribution in [1.82, 2.24) is 4.98 Å². The summed E-state index contributed by atoms with van der Waals surface area (Å²) in [4.78, 5) is 14.9. The summed E-state index contributed by atoms with van der Waals surface area (Å²) in [5, 5.41) is 0.855. The smallest absolute Gasteiger partial charge is 0.307 e. The van der Waals surface area contributed by atoms with Crippen LogP contribution in [0.4, 0.5) is 0 Å². The van der Waals surface area contributed by atoms with Crippen molar-refractivity contribution in [2.75, 3.05) is 0 Å². The van der Waals surface area contributed by atoms with Crippen molar-refractivity contribution in [1.29, 1.82) is 0 Å². The van der Waals surface area contributed by atoms with Crippen molar-refractivity contribution in [3.63, 3.8) is 0 Å². The van der Waals surface area contributed by atoms with Crippen LogP contribution in [0.2, 0.25) is 0 Å². The minimum absolute atomic E-state index is 0.0983. The highest BCUT2D eigenvalue weighted by Gasteiger charge is 2.33. The second-order valence-electron chi connectivity index (χ2n) is 5.35. The maximum atomic E-state index is 13.0. The molecule has 0 aliphatic rings. The fourth-order valence-electron chi connectivity index (χ4n) is 2.45. The zero-order valence-electron chi connectivity index (χ0n) is 13.1. The van der Waals surface area contributed by atoms with Gasteiger partial charge in [-0.1, -0.05) is 43.3 Å². The molecule has 0 saturated heterocycles. The minimum Gasteiger partial charge on any atom is -0.439 e. The fraction of sp³-hybridized carbons (Fsp3) is 0.167. The SMILES string of the molecule is CCC(=O)OC(c1cc2ccccc2[nH]1)S(=O)(=O)c1ccccc1. The number of aromatic nitrogens is 1. The van der Waals surface area contributed by atoms with Crippen LogP contribution in [0, 0.1) is 0 Å². The van der Waals surface area contributed by atoms with E-state index in [-0.39, 0.29) is 11.3 Å². The van der Waals surface area contributed by atoms with Crippen molar-refractivity contribution >= 4 is 26.7 Å². The molecule has 0 amide bonds. The van der Waals surface area contributed by atoms with E-state index in [1.54, 1.807) is 31.2 Å². The zero-order chi connectivity index (χ0) is 17.2. The number of nitrogens with one attached hydrogen (secondary N) is 1. The molecule has 124 valence electrons. The molecule has 24 heavy (non-hydrogen) atoms. The van der Waals surface area contributed by atoms with Gasteiger partial charge in [0.15, 0.2) is 0 Å². The largest absolute Gasteiger partial charge is 0.439 e. The van der Waals surface area contributed by atoms with Crippen molar-refractivity contribution in [2.45, 2.75) is 23.7 Å². The maximum absolute atomic E-state index is 13.0. The average Bonchev–Trinajstić information content (AvgIpc) is 3.03. The summed E-state index contributed by atoms with van der Waals surface area (Å²) in [7, 11) is -3.88. The number of benzene rings is 2. The van der Waals surface area contributed by atoms with Crippen LogP contribution >= 0.6 is 0 Å². The Morgan fingerprint density at radius 1 is 1.08 bits per heavy atom. The van der Waals surface area contributed by atoms with Crippen molar-refractivity contribution in [3.8, 4) is 0 Å². The van der Waals surface area contributed by atoms with E-state index in [4.69, 9.17) is 4.74 Å². The highest BCUT2D eigenvalue weighted by atomic mass is 32.2. The van der Waals surface area contributed by atoms with Crippen LogP contribution in [0.25, 0.3) is 10.9 Å². The third-order valence-corrected chi connectivity index (χ3v) is 5.53. The minimum atomic E-state index is -3.88. The van der Waals surface area contributed by atoms with Crippen LogP contribution < -0.4 is 0 Å². The molecule has 0 bridgehead atoms. The predicted molar refractivity (Wildman–Crippen MR) is 91.1 cm³/mol. The highest BCUT2D eigenvalue weighted by Crippen LogP contribution is 2.32. The Bertz CT molecular complexity index is 928. The lowest BCUT2D eigenvalue weighted by molar-refractivity contribution is -0.145. The zero-order valence-corrected chi connectivity index (χ0v) is 13.9. The molecule has 0 fully saturated rings. The van der Waals surface area contributed by atoms with Gasteiger partial charge in [0.1, 0.15) is 0 Å². The van der Waals surface area contributed by atoms with Gasteiger partial charge in [-0.15, -0.1) is 0 Å². The molecule has 1 heterocycles. The molecular formula is C18H17NO4S. The molecule has 0 aliphatic carbocycles. The summed E-state index contributed by atoms with van der Waals surface area (Å²) in [6, 6.07) is 17.1. The van der Waals surface area contributed by atoms with E-state index < -0.39 is 21.2 Å². The second-order valence-corrected chi connectivity index (χ2v) is 7.33. The summed E-state index contributed by atoms with van der Waals surface area (Å²) >= 11 is 0. The Labute approximate surface area is 140 Å². The van der Waals surface area contributed by atoms with Gasteiger partial charge >= 0.3 is 5.97 Å². The van der Waals surface area contributed by atoms with Crippen molar-refractivity contribution in [3.05, 3.63) is 66.4 Å². The molecule has 0 aliphatic heterocycles. The maximum Gasteiger partial charge on any atom is 0.307 e. The quantitative estimate of drug-likeness (QED) is 0.718. The van der Waals surface area contributed by atoms with Crippen LogP contribution in [-0.2, 0) is 19.4 Å². The molecule has 3 aromatic rings. The number of sulfone groups is 1. The number of H-pyrrole nitrogens is 1. The van der Waals surface area contributed by atoms with Gasteiger partial charge in [0.25, 0.3) is 0 Å². The van der Waals surface area contributed by atoms with Gasteiger partial charge in [-0.2, -0.15) is 0 Å². The number of fused-ring (bicyclic) bond motifs is 1. The van der Waals surface area contributed by atoms with E-state index in [2.05, 4.69) is 4.98 Å². The van der Waals surface area contributed by atoms with Crippen molar-refractivity contribution < 1.29 is 17.9 Å². The Hall–Kier alpha value is -2.60. The number of rotatable bonds is 5. The molecule has 0 saturated carbocycles. The number of aromatic amines is 1. The van der Waals surface area contributed by atoms with E-state index in [1.165, 1.54) is 12.1 Å². The summed E-state index contributed by atoms with van der Waals surface area (Å²) in [6.45, 7) is 1.62. The van der Waals surface area contributed by atoms with Gasteiger partial charge in [-0.05, 0) is 29.7 Å². The molecule has 3 rings (SSSR count). The summed E-state index contributed by atoms with van der Waals surface area (Å²) in [6.07, 6.45) is 0.0983. The van der Waals surface area contributed by atoms with Crippen LogP contribution in [0.1, 0.15) is 24.5 Å². The molecule has 6 heteroatoms. The molecule has 1 unspecified atom stereocenters. The Balaban J connectivity index is 2.11. The van der Waals surface area contributed by atoms with E-state index in [9.17, 15) is 13.2 Å². The lowest BCUT2D eigenvalue weighted by Crippen LogP contribution is -2.20. The summed E-state index contributed by atoms with van der Waals surface area (Å²) in [5.74, 6) is -0.571. The second kappa shape index (κ2) is 6.49. The van der Waals surface area contributed by atoms with Gasteiger partial charge in [-0.3, -0.25) is 4.79 Å². The molecule has 1 N–H and O–H groups in total. The van der Waals surface area contributed by atoms with Gasteiger partial charge in [-0.25, -0.2) is 8.42 Å². The third kappa shape index (κ3) is 3.05. The lowest BCUT2D eigenvalue weighted by atomic mass is 10.2. The first kappa shape index (κ1) is 16.3. The molecular weight excluding hydrogens is 326 g/mol. The van der Waals surface area contributed by atoms with E-state index in [0.717, 1.165) is 10.9 Å². The normalized spacial score (nSPS) is 12.9. The molecule has 1 atom stereocenters. The van der Waals surface area contributed by atoms with E-state index in [1.807, 2.05) is 24.3 Å². The number of carbonyl (C=O) groups excluding carboxylic acids is 1. The summed E-state index contributed by atoms with van der Waals surface area (Å²) in [5.41, 5.74) is -0.282. The highest BCUT2D eigenvalue weighted by molar-refractivity contribution is 7.91. The first-order chi connectivity index (χ1) is 11.5. The first-order valence-electron chi connectivity index (χ1n) is 7.58. The molecule has 5 nitrogen and oxygen atoms in total. The van der Waals surface area contributed by atoms with E-state index in [0.29, 0.717) is 5.69 Å². The van der Waals surface area contributed by atoms with Gasteiger partial charge in [0.05, 0.1) is 10.6 Å². The first-order valence-corrected chi connectivity index (χ1v) is 9.13. The topological polar surface area (TPSA) is 76.2 Å². The van der Waals surface area contributed by atoms with Crippen LogP contribution in [0.15, 0.2) is 65.6 Å². The molecule has 2 aromatic carbocycles. The number of hydrogen-bond donors (Lipinski definition) is 1. The lowest BCUT2D eigenvalue weighted by Gasteiger charge is -2.17. The molecule has 0 radical (unpaired) electrons. The van der Waals surface area contributed by atoms with Crippen LogP contribution in [0.5, 0.6) is 0 Å². The number of esters is 1. The number of carbonyl (C=O) groups is 1. The van der Waals surface area contributed by atoms with Crippen LogP contribution in [0.3, 0.4) is 0 Å². The third-order valence-electron chi connectivity index (χ3n) is 3.69. The predicted octanol–water partition coefficient (Wildman–Crippen LogP) is 3.59. The Morgan fingerprint density at radius 2 is 1.75 bits per heavy atom. The molecule has 1 aromatic heterocycles. The summed E-state index contributed by atoms with van der Waals surface area (Å²) < 4.78 is 31.2. The Kier molecular flexibility index (Phi) is 4.40. The number of hydrogen-bond acceptors (Lipinski definition) is 4. The monoisotopic (exact) mass is 343 g/mol. The van der Waals surface area contributed by atoms with Gasteiger partial charge in [0, 0.05) is 11.9 Å². The number of ether oxygens (including phenoxy) is 1. The standard InChI is InChI=1S/C18H17NO4S/c1-2-17(20)23-18(24(21,22)14-9-4-3-5-10-14)16-12-13-8-6-7-11-15(13)19-16/h3-12,18-19H,2H2,1H3. The van der Waals surface area contributed by atoms with Crippen LogP contribution in [-0.4, -0.2) is 19.4 Å². The fourth-order valence-corrected chi connectivity index (χ4v) is 3.93. The van der Waals surface area contributed by atoms with E-state index >= 15 is 0 Å². The molecule has 0 spiro atoms. The number of para-hydroxylation sites is 1. The van der Waals surface area contributed by atoms with Crippen molar-refractivity contribution in [2.24, 2.45) is 0 Å². The average molecular weight is 343 g/mol. The van der Waals surface area contributed by atoms with Gasteiger partial charge in [0.2, 0.25) is 15.3 Å². The van der Waals surface area contributed by atoms with Gasteiger partial charge < -0.3 is 9.72 Å². The Morgan fingerprint density at radius 3 is 2.42 bits per heavy atom.